The zero-order chi connectivity index (χ0) is 15.2. The SMILES string of the molecule is CCOc1c(Cl)cc(CNc2ccc(F)cc2)cc1OC. The first kappa shape index (κ1) is 15.4. The number of rotatable bonds is 6. The first-order valence-corrected chi connectivity index (χ1v) is 7.00. The van der Waals surface area contributed by atoms with Gasteiger partial charge in [0.2, 0.25) is 0 Å². The van der Waals surface area contributed by atoms with Crippen molar-refractivity contribution in [2.24, 2.45) is 0 Å². The number of benzene rings is 2. The third-order valence-corrected chi connectivity index (χ3v) is 3.20. The van der Waals surface area contributed by atoms with Gasteiger partial charge in [-0.05, 0) is 48.9 Å². The molecule has 0 atom stereocenters. The van der Waals surface area contributed by atoms with Gasteiger partial charge in [-0.3, -0.25) is 0 Å². The van der Waals surface area contributed by atoms with Gasteiger partial charge in [-0.1, -0.05) is 11.6 Å². The predicted octanol–water partition coefficient (Wildman–Crippen LogP) is 4.50. The van der Waals surface area contributed by atoms with Crippen LogP contribution >= 0.6 is 11.6 Å². The molecular weight excluding hydrogens is 293 g/mol. The Morgan fingerprint density at radius 2 is 1.90 bits per heavy atom. The van der Waals surface area contributed by atoms with Gasteiger partial charge in [-0.25, -0.2) is 4.39 Å². The van der Waals surface area contributed by atoms with Gasteiger partial charge in [-0.2, -0.15) is 0 Å². The monoisotopic (exact) mass is 309 g/mol. The van der Waals surface area contributed by atoms with E-state index in [0.29, 0.717) is 29.7 Å². The van der Waals surface area contributed by atoms with E-state index in [1.807, 2.05) is 19.1 Å². The Kier molecular flexibility index (Phi) is 5.28. The number of anilines is 1. The highest BCUT2D eigenvalue weighted by molar-refractivity contribution is 6.32. The fourth-order valence-corrected chi connectivity index (χ4v) is 2.22. The lowest BCUT2D eigenvalue weighted by Gasteiger charge is -2.14. The van der Waals surface area contributed by atoms with E-state index in [-0.39, 0.29) is 5.82 Å². The molecule has 3 nitrogen and oxygen atoms in total. The minimum absolute atomic E-state index is 0.258. The van der Waals surface area contributed by atoms with Crippen LogP contribution in [-0.4, -0.2) is 13.7 Å². The Bertz CT molecular complexity index is 602. The van der Waals surface area contributed by atoms with Crippen molar-refractivity contribution in [1.82, 2.24) is 0 Å². The van der Waals surface area contributed by atoms with Gasteiger partial charge < -0.3 is 14.8 Å². The second-order valence-corrected chi connectivity index (χ2v) is 4.81. The van der Waals surface area contributed by atoms with Crippen LogP contribution in [0.1, 0.15) is 12.5 Å². The molecule has 5 heteroatoms. The molecular formula is C16H17ClFNO2. The molecule has 2 aromatic rings. The summed E-state index contributed by atoms with van der Waals surface area (Å²) in [4.78, 5) is 0. The molecule has 21 heavy (non-hydrogen) atoms. The molecule has 2 aromatic carbocycles. The van der Waals surface area contributed by atoms with Crippen molar-refractivity contribution < 1.29 is 13.9 Å². The Labute approximate surface area is 128 Å². The summed E-state index contributed by atoms with van der Waals surface area (Å²) in [6.45, 7) is 2.96. The molecule has 0 radical (unpaired) electrons. The minimum atomic E-state index is -0.258. The van der Waals surface area contributed by atoms with Crippen molar-refractivity contribution in [1.29, 1.82) is 0 Å². The summed E-state index contributed by atoms with van der Waals surface area (Å²) in [6.07, 6.45) is 0. The summed E-state index contributed by atoms with van der Waals surface area (Å²) in [5.74, 6) is 0.888. The van der Waals surface area contributed by atoms with Crippen molar-refractivity contribution in [2.75, 3.05) is 19.0 Å². The maximum atomic E-state index is 12.8. The molecule has 2 rings (SSSR count). The molecule has 0 aromatic heterocycles. The van der Waals surface area contributed by atoms with Crippen molar-refractivity contribution in [3.8, 4) is 11.5 Å². The van der Waals surface area contributed by atoms with Crippen molar-refractivity contribution in [3.63, 3.8) is 0 Å². The summed E-state index contributed by atoms with van der Waals surface area (Å²) in [6, 6.07) is 9.88. The van der Waals surface area contributed by atoms with E-state index >= 15 is 0 Å². The number of nitrogens with one attached hydrogen (secondary N) is 1. The highest BCUT2D eigenvalue weighted by Gasteiger charge is 2.11. The van der Waals surface area contributed by atoms with Crippen molar-refractivity contribution in [2.45, 2.75) is 13.5 Å². The third kappa shape index (κ3) is 4.02. The zero-order valence-corrected chi connectivity index (χ0v) is 12.7. The van der Waals surface area contributed by atoms with E-state index in [0.717, 1.165) is 11.3 Å². The fraction of sp³-hybridized carbons (Fsp3) is 0.250. The Morgan fingerprint density at radius 3 is 2.52 bits per heavy atom. The van der Waals surface area contributed by atoms with Crippen LogP contribution in [0.4, 0.5) is 10.1 Å². The summed E-state index contributed by atoms with van der Waals surface area (Å²) in [7, 11) is 1.57. The molecule has 0 aliphatic carbocycles. The summed E-state index contributed by atoms with van der Waals surface area (Å²) in [5.41, 5.74) is 1.78. The lowest BCUT2D eigenvalue weighted by Crippen LogP contribution is -2.02. The minimum Gasteiger partial charge on any atom is -0.493 e. The smallest absolute Gasteiger partial charge is 0.179 e. The molecule has 0 unspecified atom stereocenters. The molecule has 0 amide bonds. The maximum Gasteiger partial charge on any atom is 0.179 e. The van der Waals surface area contributed by atoms with Crippen molar-refractivity contribution in [3.05, 3.63) is 52.8 Å². The first-order valence-electron chi connectivity index (χ1n) is 6.62. The Hall–Kier alpha value is -1.94. The van der Waals surface area contributed by atoms with E-state index in [2.05, 4.69) is 5.32 Å². The molecule has 0 aliphatic heterocycles. The van der Waals surface area contributed by atoms with Gasteiger partial charge in [0.25, 0.3) is 0 Å². The predicted molar refractivity (Wildman–Crippen MR) is 82.9 cm³/mol. The normalized spacial score (nSPS) is 10.3. The zero-order valence-electron chi connectivity index (χ0n) is 12.0. The third-order valence-electron chi connectivity index (χ3n) is 2.92. The quantitative estimate of drug-likeness (QED) is 0.852. The Morgan fingerprint density at radius 1 is 1.19 bits per heavy atom. The van der Waals surface area contributed by atoms with E-state index in [9.17, 15) is 4.39 Å². The van der Waals surface area contributed by atoms with Crippen LogP contribution in [0.2, 0.25) is 5.02 Å². The molecule has 0 fully saturated rings. The van der Waals surface area contributed by atoms with Crippen LogP contribution in [0, 0.1) is 5.82 Å². The van der Waals surface area contributed by atoms with E-state index in [4.69, 9.17) is 21.1 Å². The van der Waals surface area contributed by atoms with Crippen LogP contribution in [0.3, 0.4) is 0 Å². The van der Waals surface area contributed by atoms with E-state index in [1.54, 1.807) is 19.2 Å². The van der Waals surface area contributed by atoms with Crippen LogP contribution in [0.25, 0.3) is 0 Å². The van der Waals surface area contributed by atoms with Gasteiger partial charge >= 0.3 is 0 Å². The Balaban J connectivity index is 2.13. The van der Waals surface area contributed by atoms with E-state index in [1.165, 1.54) is 12.1 Å². The second-order valence-electron chi connectivity index (χ2n) is 4.40. The highest BCUT2D eigenvalue weighted by atomic mass is 35.5. The van der Waals surface area contributed by atoms with Crippen LogP contribution in [-0.2, 0) is 6.54 Å². The van der Waals surface area contributed by atoms with Gasteiger partial charge in [0.15, 0.2) is 11.5 Å². The molecule has 0 saturated carbocycles. The van der Waals surface area contributed by atoms with Gasteiger partial charge in [0.05, 0.1) is 18.7 Å². The molecule has 0 spiro atoms. The van der Waals surface area contributed by atoms with Crippen molar-refractivity contribution >= 4 is 17.3 Å². The van der Waals surface area contributed by atoms with Crippen LogP contribution < -0.4 is 14.8 Å². The summed E-state index contributed by atoms with van der Waals surface area (Å²) >= 11 is 6.21. The van der Waals surface area contributed by atoms with Crippen LogP contribution in [0.5, 0.6) is 11.5 Å². The number of halogens is 2. The lowest BCUT2D eigenvalue weighted by atomic mass is 10.2. The first-order chi connectivity index (χ1) is 10.1. The molecule has 0 heterocycles. The average molecular weight is 310 g/mol. The second kappa shape index (κ2) is 7.18. The molecule has 1 N–H and O–H groups in total. The molecule has 0 bridgehead atoms. The highest BCUT2D eigenvalue weighted by Crippen LogP contribution is 2.36. The van der Waals surface area contributed by atoms with E-state index < -0.39 is 0 Å². The maximum absolute atomic E-state index is 12.8. The van der Waals surface area contributed by atoms with Gasteiger partial charge in [0.1, 0.15) is 5.82 Å². The fourth-order valence-electron chi connectivity index (χ4n) is 1.93. The van der Waals surface area contributed by atoms with Gasteiger partial charge in [0, 0.05) is 12.2 Å². The largest absolute Gasteiger partial charge is 0.493 e. The topological polar surface area (TPSA) is 30.5 Å². The lowest BCUT2D eigenvalue weighted by molar-refractivity contribution is 0.311. The standard InChI is InChI=1S/C16H17ClFNO2/c1-3-21-16-14(17)8-11(9-15(16)20-2)10-19-13-6-4-12(18)5-7-13/h4-9,19H,3,10H2,1-2H3. The molecule has 0 saturated heterocycles. The number of hydrogen-bond donors (Lipinski definition) is 1. The average Bonchev–Trinajstić information content (AvgIpc) is 2.49. The number of ether oxygens (including phenoxy) is 2. The van der Waals surface area contributed by atoms with Crippen LogP contribution in [0.15, 0.2) is 36.4 Å². The number of hydrogen-bond acceptors (Lipinski definition) is 3. The molecule has 0 aliphatic rings. The summed E-state index contributed by atoms with van der Waals surface area (Å²) in [5, 5.41) is 3.70. The van der Waals surface area contributed by atoms with Gasteiger partial charge in [-0.15, -0.1) is 0 Å². The molecule has 112 valence electrons. The summed E-state index contributed by atoms with van der Waals surface area (Å²) < 4.78 is 23.6. The number of methoxy groups -OCH3 is 1.